The predicted octanol–water partition coefficient (Wildman–Crippen LogP) is 1.68. The fourth-order valence-corrected chi connectivity index (χ4v) is 4.38. The fourth-order valence-electron chi connectivity index (χ4n) is 3.33. The monoisotopic (exact) mass is 473 g/mol. The molecule has 3 aromatic rings. The van der Waals surface area contributed by atoms with Crippen molar-refractivity contribution in [3.63, 3.8) is 0 Å². The number of aromatic nitrogens is 3. The number of nitrogens with two attached hydrogens (primary N) is 1. The number of nitrogens with zero attached hydrogens (tertiary/aromatic N) is 3. The second kappa shape index (κ2) is 11.0. The predicted molar refractivity (Wildman–Crippen MR) is 128 cm³/mol. The Bertz CT molecular complexity index is 1200. The van der Waals surface area contributed by atoms with Crippen LogP contribution in [0.4, 0.5) is 11.5 Å². The number of thioether (sulfide) groups is 1. The van der Waals surface area contributed by atoms with Crippen LogP contribution in [0.1, 0.15) is 22.6 Å². The van der Waals surface area contributed by atoms with E-state index in [-0.39, 0.29) is 42.9 Å². The molecule has 0 saturated carbocycles. The van der Waals surface area contributed by atoms with Gasteiger partial charge in [0.25, 0.3) is 5.56 Å². The van der Waals surface area contributed by atoms with E-state index in [4.69, 9.17) is 15.0 Å². The topological polar surface area (TPSA) is 136 Å². The summed E-state index contributed by atoms with van der Waals surface area (Å²) in [6.45, 7) is 4.12. The van der Waals surface area contributed by atoms with Gasteiger partial charge in [-0.25, -0.2) is 4.79 Å². The third kappa shape index (κ3) is 5.74. The number of ether oxygens (including phenoxy) is 1. The van der Waals surface area contributed by atoms with Gasteiger partial charge >= 0.3 is 5.69 Å². The SMILES string of the molecule is COCCN(C(=O)CSCc1c(C)noc1C)c1c(N)n(Cc2ccccc2)c(=O)[nH]c1=O. The highest BCUT2D eigenvalue weighted by Crippen LogP contribution is 2.22. The molecule has 0 fully saturated rings. The maximum atomic E-state index is 13.1. The molecule has 11 heteroatoms. The first-order valence-corrected chi connectivity index (χ1v) is 11.4. The molecule has 0 atom stereocenters. The largest absolute Gasteiger partial charge is 0.383 e. The van der Waals surface area contributed by atoms with Gasteiger partial charge < -0.3 is 19.9 Å². The van der Waals surface area contributed by atoms with Gasteiger partial charge in [0.15, 0.2) is 5.69 Å². The second-order valence-corrected chi connectivity index (χ2v) is 8.38. The van der Waals surface area contributed by atoms with E-state index in [1.165, 1.54) is 28.3 Å². The third-order valence-electron chi connectivity index (χ3n) is 5.14. The van der Waals surface area contributed by atoms with Crippen LogP contribution >= 0.6 is 11.8 Å². The maximum absolute atomic E-state index is 13.1. The van der Waals surface area contributed by atoms with Crippen LogP contribution in [0.5, 0.6) is 0 Å². The molecule has 3 rings (SSSR count). The van der Waals surface area contributed by atoms with Crippen LogP contribution in [-0.4, -0.2) is 46.6 Å². The van der Waals surface area contributed by atoms with E-state index >= 15 is 0 Å². The van der Waals surface area contributed by atoms with Crippen molar-refractivity contribution in [3.8, 4) is 0 Å². The van der Waals surface area contributed by atoms with Crippen molar-refractivity contribution in [1.82, 2.24) is 14.7 Å². The lowest BCUT2D eigenvalue weighted by molar-refractivity contribution is -0.116. The summed E-state index contributed by atoms with van der Waals surface area (Å²) in [4.78, 5) is 41.9. The minimum Gasteiger partial charge on any atom is -0.383 e. The Hall–Kier alpha value is -3.31. The van der Waals surface area contributed by atoms with Gasteiger partial charge in [-0.2, -0.15) is 0 Å². The van der Waals surface area contributed by atoms with Crippen molar-refractivity contribution in [2.75, 3.05) is 36.6 Å². The van der Waals surface area contributed by atoms with Gasteiger partial charge in [0, 0.05) is 25.0 Å². The van der Waals surface area contributed by atoms with Gasteiger partial charge in [-0.1, -0.05) is 35.5 Å². The van der Waals surface area contributed by atoms with Crippen molar-refractivity contribution in [3.05, 3.63) is 73.8 Å². The number of nitrogen functional groups attached to an aromatic ring is 1. The number of hydrogen-bond acceptors (Lipinski definition) is 8. The van der Waals surface area contributed by atoms with Gasteiger partial charge in [0.1, 0.15) is 11.6 Å². The van der Waals surface area contributed by atoms with E-state index in [2.05, 4.69) is 10.1 Å². The molecule has 33 heavy (non-hydrogen) atoms. The average molecular weight is 474 g/mol. The number of H-pyrrole nitrogens is 1. The Balaban J connectivity index is 1.87. The molecule has 0 radical (unpaired) electrons. The van der Waals surface area contributed by atoms with E-state index in [0.717, 1.165) is 16.8 Å². The lowest BCUT2D eigenvalue weighted by Crippen LogP contribution is -2.43. The summed E-state index contributed by atoms with van der Waals surface area (Å²) in [6, 6.07) is 9.23. The molecular weight excluding hydrogens is 446 g/mol. The summed E-state index contributed by atoms with van der Waals surface area (Å²) in [5.41, 5.74) is 7.38. The molecule has 0 spiro atoms. The molecule has 1 amide bonds. The molecule has 10 nitrogen and oxygen atoms in total. The van der Waals surface area contributed by atoms with E-state index in [1.54, 1.807) is 0 Å². The van der Waals surface area contributed by atoms with Crippen LogP contribution in [0, 0.1) is 13.8 Å². The minimum atomic E-state index is -0.720. The summed E-state index contributed by atoms with van der Waals surface area (Å²) in [7, 11) is 1.50. The van der Waals surface area contributed by atoms with Crippen molar-refractivity contribution >= 4 is 29.2 Å². The second-order valence-electron chi connectivity index (χ2n) is 7.40. The molecule has 1 aromatic carbocycles. The lowest BCUT2D eigenvalue weighted by Gasteiger charge is -2.24. The molecule has 2 aromatic heterocycles. The van der Waals surface area contributed by atoms with Crippen molar-refractivity contribution in [2.45, 2.75) is 26.1 Å². The Morgan fingerprint density at radius 3 is 2.64 bits per heavy atom. The normalized spacial score (nSPS) is 11.0. The number of benzene rings is 1. The fraction of sp³-hybridized carbons (Fsp3) is 0.364. The highest BCUT2D eigenvalue weighted by molar-refractivity contribution is 7.99. The van der Waals surface area contributed by atoms with Crippen LogP contribution < -0.4 is 21.9 Å². The van der Waals surface area contributed by atoms with Crippen LogP contribution in [0.2, 0.25) is 0 Å². The van der Waals surface area contributed by atoms with Gasteiger partial charge in [-0.15, -0.1) is 11.8 Å². The molecular formula is C22H27N5O5S. The van der Waals surface area contributed by atoms with Crippen LogP contribution in [0.15, 0.2) is 44.4 Å². The van der Waals surface area contributed by atoms with Gasteiger partial charge in [-0.3, -0.25) is 19.1 Å². The van der Waals surface area contributed by atoms with Crippen molar-refractivity contribution in [1.29, 1.82) is 0 Å². The summed E-state index contributed by atoms with van der Waals surface area (Å²) in [6.07, 6.45) is 0. The number of methoxy groups -OCH3 is 1. The maximum Gasteiger partial charge on any atom is 0.330 e. The van der Waals surface area contributed by atoms with Gasteiger partial charge in [0.2, 0.25) is 5.91 Å². The molecule has 0 unspecified atom stereocenters. The van der Waals surface area contributed by atoms with E-state index < -0.39 is 11.2 Å². The van der Waals surface area contributed by atoms with E-state index in [1.807, 2.05) is 44.2 Å². The standard InChI is InChI=1S/C22H27N5O5S/c1-14-17(15(2)32-25-14)12-33-13-18(28)26(9-10-31-3)19-20(23)27(22(30)24-21(19)29)11-16-7-5-4-6-8-16/h4-8H,9-13,23H2,1-3H3,(H,24,29,30). The van der Waals surface area contributed by atoms with E-state index in [9.17, 15) is 14.4 Å². The first kappa shape index (κ1) is 24.3. The molecule has 0 aliphatic carbocycles. The average Bonchev–Trinajstić information content (AvgIpc) is 3.11. The van der Waals surface area contributed by atoms with Crippen LogP contribution in [0.3, 0.4) is 0 Å². The zero-order valence-corrected chi connectivity index (χ0v) is 19.6. The minimum absolute atomic E-state index is 0.0643. The first-order chi connectivity index (χ1) is 15.8. The number of aromatic amines is 1. The number of amides is 1. The quantitative estimate of drug-likeness (QED) is 0.454. The summed E-state index contributed by atoms with van der Waals surface area (Å²) >= 11 is 1.37. The zero-order valence-electron chi connectivity index (χ0n) is 18.8. The Morgan fingerprint density at radius 1 is 1.27 bits per heavy atom. The number of nitrogens with one attached hydrogen (secondary N) is 1. The third-order valence-corrected chi connectivity index (χ3v) is 6.08. The Morgan fingerprint density at radius 2 is 2.00 bits per heavy atom. The summed E-state index contributed by atoms with van der Waals surface area (Å²) in [5, 5.41) is 3.92. The molecule has 176 valence electrons. The van der Waals surface area contributed by atoms with Gasteiger partial charge in [0.05, 0.1) is 24.6 Å². The smallest absolute Gasteiger partial charge is 0.330 e. The first-order valence-electron chi connectivity index (χ1n) is 10.3. The van der Waals surface area contributed by atoms with E-state index in [0.29, 0.717) is 11.5 Å². The zero-order chi connectivity index (χ0) is 24.0. The Kier molecular flexibility index (Phi) is 8.12. The number of hydrogen-bond donors (Lipinski definition) is 2. The molecule has 0 saturated heterocycles. The molecule has 2 heterocycles. The Labute approximate surface area is 194 Å². The van der Waals surface area contributed by atoms with Crippen LogP contribution in [-0.2, 0) is 21.8 Å². The van der Waals surface area contributed by atoms with Crippen molar-refractivity contribution in [2.24, 2.45) is 0 Å². The number of carbonyl (C=O) groups is 1. The number of anilines is 2. The number of aryl methyl sites for hydroxylation is 2. The summed E-state index contributed by atoms with van der Waals surface area (Å²) in [5.74, 6) is 0.922. The highest BCUT2D eigenvalue weighted by atomic mass is 32.2. The van der Waals surface area contributed by atoms with Gasteiger partial charge in [-0.05, 0) is 19.4 Å². The van der Waals surface area contributed by atoms with Crippen LogP contribution in [0.25, 0.3) is 0 Å². The molecule has 0 aliphatic rings. The molecule has 0 bridgehead atoms. The number of carbonyl (C=O) groups excluding carboxylic acids is 1. The number of rotatable bonds is 10. The molecule has 0 aliphatic heterocycles. The summed E-state index contributed by atoms with van der Waals surface area (Å²) < 4.78 is 11.5. The molecule has 3 N–H and O–H groups in total. The van der Waals surface area contributed by atoms with Crippen molar-refractivity contribution < 1.29 is 14.1 Å². The lowest BCUT2D eigenvalue weighted by atomic mass is 10.2. The highest BCUT2D eigenvalue weighted by Gasteiger charge is 2.24.